The van der Waals surface area contributed by atoms with E-state index in [1.54, 1.807) is 55.6 Å². The lowest BCUT2D eigenvalue weighted by atomic mass is 10.1. The fourth-order valence-corrected chi connectivity index (χ4v) is 2.11. The number of hydrogen-bond acceptors (Lipinski definition) is 3. The van der Waals surface area contributed by atoms with E-state index in [0.717, 1.165) is 5.56 Å². The molecule has 1 unspecified atom stereocenters. The summed E-state index contributed by atoms with van der Waals surface area (Å²) in [4.78, 5) is 11.0. The highest BCUT2D eigenvalue weighted by Crippen LogP contribution is 2.27. The Balaban J connectivity index is 2.21. The SMILES string of the molecule is COc1ccc(OC(CC(=O)O)c2cccc(Cl)c2)cc1. The molecule has 0 aliphatic rings. The standard InChI is InChI=1S/C16H15ClO4/c1-20-13-5-7-14(8-6-13)21-15(10-16(18)19)11-3-2-4-12(17)9-11/h2-9,15H,10H2,1H3,(H,18,19). The van der Waals surface area contributed by atoms with Gasteiger partial charge in [0.2, 0.25) is 0 Å². The third kappa shape index (κ3) is 4.39. The molecule has 0 saturated carbocycles. The molecule has 21 heavy (non-hydrogen) atoms. The molecule has 0 aromatic heterocycles. The monoisotopic (exact) mass is 306 g/mol. The molecule has 2 aromatic carbocycles. The minimum Gasteiger partial charge on any atom is -0.497 e. The Hall–Kier alpha value is -2.20. The molecule has 0 saturated heterocycles. The van der Waals surface area contributed by atoms with Crippen LogP contribution in [0, 0.1) is 0 Å². The van der Waals surface area contributed by atoms with Gasteiger partial charge in [-0.15, -0.1) is 0 Å². The zero-order chi connectivity index (χ0) is 15.2. The fraction of sp³-hybridized carbons (Fsp3) is 0.188. The van der Waals surface area contributed by atoms with Crippen LogP contribution >= 0.6 is 11.6 Å². The van der Waals surface area contributed by atoms with Gasteiger partial charge in [0, 0.05) is 5.02 Å². The molecule has 0 radical (unpaired) electrons. The Morgan fingerprint density at radius 2 is 1.86 bits per heavy atom. The summed E-state index contributed by atoms with van der Waals surface area (Å²) in [6.07, 6.45) is -0.749. The lowest BCUT2D eigenvalue weighted by Gasteiger charge is -2.18. The fourth-order valence-electron chi connectivity index (χ4n) is 1.91. The van der Waals surface area contributed by atoms with E-state index in [-0.39, 0.29) is 6.42 Å². The number of ether oxygens (including phenoxy) is 2. The number of carbonyl (C=O) groups is 1. The molecule has 0 heterocycles. The minimum absolute atomic E-state index is 0.146. The largest absolute Gasteiger partial charge is 0.497 e. The lowest BCUT2D eigenvalue weighted by Crippen LogP contribution is -2.12. The zero-order valence-corrected chi connectivity index (χ0v) is 12.2. The van der Waals surface area contributed by atoms with Crippen molar-refractivity contribution in [1.82, 2.24) is 0 Å². The first-order chi connectivity index (χ1) is 10.1. The van der Waals surface area contributed by atoms with Gasteiger partial charge in [0.15, 0.2) is 0 Å². The van der Waals surface area contributed by atoms with Crippen molar-refractivity contribution in [2.24, 2.45) is 0 Å². The number of hydrogen-bond donors (Lipinski definition) is 1. The first-order valence-corrected chi connectivity index (χ1v) is 6.74. The second kappa shape index (κ2) is 6.99. The number of aliphatic carboxylic acids is 1. The van der Waals surface area contributed by atoms with Gasteiger partial charge in [0.05, 0.1) is 13.5 Å². The molecule has 2 aromatic rings. The molecular formula is C16H15ClO4. The normalized spacial score (nSPS) is 11.7. The number of carboxylic acids is 1. The Morgan fingerprint density at radius 3 is 2.43 bits per heavy atom. The molecule has 5 heteroatoms. The number of halogens is 1. The van der Waals surface area contributed by atoms with Crippen molar-refractivity contribution in [3.8, 4) is 11.5 Å². The Bertz CT molecular complexity index is 610. The Morgan fingerprint density at radius 1 is 1.19 bits per heavy atom. The summed E-state index contributed by atoms with van der Waals surface area (Å²) in [6, 6.07) is 14.0. The van der Waals surface area contributed by atoms with Gasteiger partial charge in [0.1, 0.15) is 17.6 Å². The number of carboxylic acid groups (broad SMARTS) is 1. The second-order valence-corrected chi connectivity index (χ2v) is 4.87. The summed E-state index contributed by atoms with van der Waals surface area (Å²) in [6.45, 7) is 0. The molecule has 0 aliphatic heterocycles. The van der Waals surface area contributed by atoms with Crippen molar-refractivity contribution < 1.29 is 19.4 Å². The number of methoxy groups -OCH3 is 1. The first kappa shape index (κ1) is 15.2. The van der Waals surface area contributed by atoms with E-state index in [4.69, 9.17) is 26.2 Å². The van der Waals surface area contributed by atoms with Gasteiger partial charge in [-0.05, 0) is 42.0 Å². The van der Waals surface area contributed by atoms with Crippen LogP contribution in [0.5, 0.6) is 11.5 Å². The van der Waals surface area contributed by atoms with Crippen LogP contribution in [-0.4, -0.2) is 18.2 Å². The molecule has 1 N–H and O–H groups in total. The summed E-state index contributed by atoms with van der Waals surface area (Å²) in [5, 5.41) is 9.58. The van der Waals surface area contributed by atoms with Crippen LogP contribution < -0.4 is 9.47 Å². The molecule has 4 nitrogen and oxygen atoms in total. The Labute approximate surface area is 127 Å². The number of rotatable bonds is 6. The summed E-state index contributed by atoms with van der Waals surface area (Å²) in [7, 11) is 1.58. The van der Waals surface area contributed by atoms with Gasteiger partial charge < -0.3 is 14.6 Å². The summed E-state index contributed by atoms with van der Waals surface area (Å²) < 4.78 is 10.8. The van der Waals surface area contributed by atoms with E-state index in [2.05, 4.69) is 0 Å². The van der Waals surface area contributed by atoms with Crippen molar-refractivity contribution in [3.63, 3.8) is 0 Å². The highest BCUT2D eigenvalue weighted by Gasteiger charge is 2.18. The molecule has 0 spiro atoms. The van der Waals surface area contributed by atoms with E-state index in [9.17, 15) is 4.79 Å². The van der Waals surface area contributed by atoms with Crippen LogP contribution in [0.4, 0.5) is 0 Å². The van der Waals surface area contributed by atoms with Crippen LogP contribution in [0.3, 0.4) is 0 Å². The summed E-state index contributed by atoms with van der Waals surface area (Å²) in [5.41, 5.74) is 0.723. The molecular weight excluding hydrogens is 292 g/mol. The predicted molar refractivity (Wildman–Crippen MR) is 80.1 cm³/mol. The third-order valence-electron chi connectivity index (χ3n) is 2.92. The van der Waals surface area contributed by atoms with Crippen LogP contribution in [-0.2, 0) is 4.79 Å². The highest BCUT2D eigenvalue weighted by atomic mass is 35.5. The van der Waals surface area contributed by atoms with Gasteiger partial charge in [-0.3, -0.25) is 4.79 Å². The van der Waals surface area contributed by atoms with Gasteiger partial charge in [-0.1, -0.05) is 23.7 Å². The van der Waals surface area contributed by atoms with Crippen molar-refractivity contribution >= 4 is 17.6 Å². The molecule has 0 aliphatic carbocycles. The highest BCUT2D eigenvalue weighted by molar-refractivity contribution is 6.30. The quantitative estimate of drug-likeness (QED) is 0.878. The van der Waals surface area contributed by atoms with Crippen molar-refractivity contribution in [3.05, 3.63) is 59.1 Å². The van der Waals surface area contributed by atoms with Crippen molar-refractivity contribution in [1.29, 1.82) is 0 Å². The van der Waals surface area contributed by atoms with Gasteiger partial charge in [-0.2, -0.15) is 0 Å². The van der Waals surface area contributed by atoms with Crippen molar-refractivity contribution in [2.45, 2.75) is 12.5 Å². The maximum absolute atomic E-state index is 11.0. The average Bonchev–Trinajstić information content (AvgIpc) is 2.47. The topological polar surface area (TPSA) is 55.8 Å². The predicted octanol–water partition coefficient (Wildman–Crippen LogP) is 3.94. The van der Waals surface area contributed by atoms with Crippen LogP contribution in [0.2, 0.25) is 5.02 Å². The molecule has 0 fully saturated rings. The molecule has 1 atom stereocenters. The third-order valence-corrected chi connectivity index (χ3v) is 3.15. The summed E-state index contributed by atoms with van der Waals surface area (Å²) in [5.74, 6) is 0.343. The maximum atomic E-state index is 11.0. The molecule has 0 amide bonds. The maximum Gasteiger partial charge on any atom is 0.307 e. The van der Waals surface area contributed by atoms with Crippen LogP contribution in [0.15, 0.2) is 48.5 Å². The zero-order valence-electron chi connectivity index (χ0n) is 11.5. The lowest BCUT2D eigenvalue weighted by molar-refractivity contribution is -0.138. The number of benzene rings is 2. The minimum atomic E-state index is -0.937. The van der Waals surface area contributed by atoms with E-state index in [1.807, 2.05) is 0 Å². The Kier molecular flexibility index (Phi) is 5.06. The van der Waals surface area contributed by atoms with Gasteiger partial charge >= 0.3 is 5.97 Å². The van der Waals surface area contributed by atoms with E-state index >= 15 is 0 Å². The molecule has 0 bridgehead atoms. The van der Waals surface area contributed by atoms with Gasteiger partial charge in [-0.25, -0.2) is 0 Å². The molecule has 2 rings (SSSR count). The van der Waals surface area contributed by atoms with E-state index in [1.165, 1.54) is 0 Å². The molecule has 110 valence electrons. The average molecular weight is 307 g/mol. The van der Waals surface area contributed by atoms with Crippen LogP contribution in [0.25, 0.3) is 0 Å². The smallest absolute Gasteiger partial charge is 0.307 e. The second-order valence-electron chi connectivity index (χ2n) is 4.43. The first-order valence-electron chi connectivity index (χ1n) is 6.36. The van der Waals surface area contributed by atoms with Gasteiger partial charge in [0.25, 0.3) is 0 Å². The van der Waals surface area contributed by atoms with Crippen molar-refractivity contribution in [2.75, 3.05) is 7.11 Å². The van der Waals surface area contributed by atoms with E-state index < -0.39 is 12.1 Å². The summed E-state index contributed by atoms with van der Waals surface area (Å²) >= 11 is 5.95. The van der Waals surface area contributed by atoms with E-state index in [0.29, 0.717) is 16.5 Å². The van der Waals surface area contributed by atoms with Crippen LogP contribution in [0.1, 0.15) is 18.1 Å².